The van der Waals surface area contributed by atoms with Crippen molar-refractivity contribution in [2.45, 2.75) is 17.9 Å². The van der Waals surface area contributed by atoms with Crippen LogP contribution in [0.2, 0.25) is 0 Å². The number of ketones is 1. The number of carbonyl (C=O) groups excluding carboxylic acids is 1. The molecule has 1 fully saturated rings. The lowest BCUT2D eigenvalue weighted by atomic mass is 10.1. The van der Waals surface area contributed by atoms with Crippen LogP contribution in [0.4, 0.5) is 5.82 Å². The SMILES string of the molecule is COc1ccc(S(=O)(=O)N2CCN(C(C)C(=O)c3c(N)n(C)c(=O)n(C)c3=O)CC2)cc1OC. The zero-order valence-electron chi connectivity index (χ0n) is 19.8. The highest BCUT2D eigenvalue weighted by molar-refractivity contribution is 7.89. The molecule has 0 amide bonds. The summed E-state index contributed by atoms with van der Waals surface area (Å²) in [5, 5.41) is 0. The van der Waals surface area contributed by atoms with Crippen LogP contribution in [-0.2, 0) is 24.1 Å². The van der Waals surface area contributed by atoms with Gasteiger partial charge in [0.2, 0.25) is 10.0 Å². The fourth-order valence-electron chi connectivity index (χ4n) is 3.92. The highest BCUT2D eigenvalue weighted by atomic mass is 32.2. The summed E-state index contributed by atoms with van der Waals surface area (Å²) in [5.41, 5.74) is 4.28. The molecule has 0 spiro atoms. The van der Waals surface area contributed by atoms with Crippen molar-refractivity contribution < 1.29 is 22.7 Å². The number of benzene rings is 1. The minimum absolute atomic E-state index is 0.0733. The zero-order chi connectivity index (χ0) is 25.4. The van der Waals surface area contributed by atoms with Crippen LogP contribution >= 0.6 is 0 Å². The number of ether oxygens (including phenoxy) is 2. The van der Waals surface area contributed by atoms with Gasteiger partial charge in [-0.05, 0) is 19.1 Å². The summed E-state index contributed by atoms with van der Waals surface area (Å²) >= 11 is 0. The molecule has 0 aliphatic carbocycles. The van der Waals surface area contributed by atoms with E-state index < -0.39 is 33.1 Å². The van der Waals surface area contributed by atoms with Gasteiger partial charge in [0.15, 0.2) is 17.3 Å². The molecule has 34 heavy (non-hydrogen) atoms. The van der Waals surface area contributed by atoms with Crippen molar-refractivity contribution in [2.75, 3.05) is 46.1 Å². The summed E-state index contributed by atoms with van der Waals surface area (Å²) in [6, 6.07) is 3.65. The predicted molar refractivity (Wildman–Crippen MR) is 125 cm³/mol. The van der Waals surface area contributed by atoms with Crippen LogP contribution in [0, 0.1) is 0 Å². The van der Waals surface area contributed by atoms with Crippen molar-refractivity contribution in [2.24, 2.45) is 14.1 Å². The first-order chi connectivity index (χ1) is 15.9. The number of carbonyl (C=O) groups is 1. The number of hydrogen-bond donors (Lipinski definition) is 1. The Kier molecular flexibility index (Phi) is 7.19. The smallest absolute Gasteiger partial charge is 0.332 e. The van der Waals surface area contributed by atoms with Crippen LogP contribution in [0.15, 0.2) is 32.7 Å². The molecular weight excluding hydrogens is 466 g/mol. The Morgan fingerprint density at radius 3 is 2.15 bits per heavy atom. The van der Waals surface area contributed by atoms with Crippen LogP contribution in [0.1, 0.15) is 17.3 Å². The summed E-state index contributed by atoms with van der Waals surface area (Å²) < 4.78 is 39.9. The maximum absolute atomic E-state index is 13.1. The van der Waals surface area contributed by atoms with Gasteiger partial charge in [-0.3, -0.25) is 23.6 Å². The molecule has 1 atom stereocenters. The van der Waals surface area contributed by atoms with Crippen LogP contribution in [0.5, 0.6) is 11.5 Å². The summed E-state index contributed by atoms with van der Waals surface area (Å²) in [4.78, 5) is 39.6. The van der Waals surface area contributed by atoms with Crippen LogP contribution in [0.25, 0.3) is 0 Å². The third kappa shape index (κ3) is 4.33. The number of hydrogen-bond acceptors (Lipinski definition) is 9. The van der Waals surface area contributed by atoms with E-state index >= 15 is 0 Å². The lowest BCUT2D eigenvalue weighted by Crippen LogP contribution is -2.54. The number of piperazine rings is 1. The molecule has 12 nitrogen and oxygen atoms in total. The number of Topliss-reactive ketones (excluding diaryl/α,β-unsaturated/α-hetero) is 1. The van der Waals surface area contributed by atoms with Gasteiger partial charge in [-0.1, -0.05) is 0 Å². The van der Waals surface area contributed by atoms with Gasteiger partial charge in [0.1, 0.15) is 11.4 Å². The van der Waals surface area contributed by atoms with E-state index in [0.29, 0.717) is 11.5 Å². The third-order valence-electron chi connectivity index (χ3n) is 6.15. The van der Waals surface area contributed by atoms with Crippen molar-refractivity contribution in [1.82, 2.24) is 18.3 Å². The molecule has 2 heterocycles. The first kappa shape index (κ1) is 25.5. The van der Waals surface area contributed by atoms with Crippen molar-refractivity contribution in [3.05, 3.63) is 44.6 Å². The fraction of sp³-hybridized carbons (Fsp3) is 0.476. The van der Waals surface area contributed by atoms with Crippen molar-refractivity contribution in [3.63, 3.8) is 0 Å². The Bertz CT molecular complexity index is 1320. The Labute approximate surface area is 197 Å². The van der Waals surface area contributed by atoms with Gasteiger partial charge < -0.3 is 15.2 Å². The van der Waals surface area contributed by atoms with E-state index in [1.54, 1.807) is 11.8 Å². The average Bonchev–Trinajstić information content (AvgIpc) is 2.85. The fourth-order valence-corrected chi connectivity index (χ4v) is 5.36. The number of anilines is 1. The minimum Gasteiger partial charge on any atom is -0.493 e. The number of nitrogens with zero attached hydrogens (tertiary/aromatic N) is 4. The highest BCUT2D eigenvalue weighted by Crippen LogP contribution is 2.31. The molecule has 2 aromatic rings. The number of sulfonamides is 1. The van der Waals surface area contributed by atoms with E-state index in [1.165, 1.54) is 50.8 Å². The zero-order valence-corrected chi connectivity index (χ0v) is 20.6. The van der Waals surface area contributed by atoms with Crippen LogP contribution in [0.3, 0.4) is 0 Å². The van der Waals surface area contributed by atoms with E-state index in [0.717, 1.165) is 9.13 Å². The molecule has 1 aromatic heterocycles. The summed E-state index contributed by atoms with van der Waals surface area (Å²) in [7, 11) is 1.76. The lowest BCUT2D eigenvalue weighted by Gasteiger charge is -2.36. The number of aromatic nitrogens is 2. The highest BCUT2D eigenvalue weighted by Gasteiger charge is 2.34. The summed E-state index contributed by atoms with van der Waals surface area (Å²) in [6.45, 7) is 2.46. The van der Waals surface area contributed by atoms with Gasteiger partial charge in [-0.25, -0.2) is 13.2 Å². The standard InChI is InChI=1S/C21H29N5O7S/c1-13(18(27)17-19(22)23(2)21(29)24(3)20(17)28)25-8-10-26(11-9-25)34(30,31)14-6-7-15(32-4)16(12-14)33-5/h6-7,12-13H,8-11,22H2,1-5H3. The molecule has 0 saturated carbocycles. The predicted octanol–water partition coefficient (Wildman–Crippen LogP) is -0.739. The first-order valence-electron chi connectivity index (χ1n) is 10.5. The maximum atomic E-state index is 13.1. The Morgan fingerprint density at radius 2 is 1.59 bits per heavy atom. The van der Waals surface area contributed by atoms with E-state index in [2.05, 4.69) is 0 Å². The Morgan fingerprint density at radius 1 is 1.00 bits per heavy atom. The minimum atomic E-state index is -3.80. The van der Waals surface area contributed by atoms with Gasteiger partial charge in [0.25, 0.3) is 5.56 Å². The number of nitrogen functional groups attached to an aromatic ring is 1. The molecule has 0 bridgehead atoms. The number of nitrogens with two attached hydrogens (primary N) is 1. The van der Waals surface area contributed by atoms with Gasteiger partial charge >= 0.3 is 5.69 Å². The second-order valence-corrected chi connectivity index (χ2v) is 9.90. The largest absolute Gasteiger partial charge is 0.493 e. The van der Waals surface area contributed by atoms with Crippen molar-refractivity contribution in [3.8, 4) is 11.5 Å². The van der Waals surface area contributed by atoms with Gasteiger partial charge in [0, 0.05) is 46.3 Å². The molecule has 1 aliphatic rings. The summed E-state index contributed by atoms with van der Waals surface area (Å²) in [5.74, 6) is 0.00445. The quantitative estimate of drug-likeness (QED) is 0.491. The molecule has 2 N–H and O–H groups in total. The van der Waals surface area contributed by atoms with Crippen LogP contribution in [-0.4, -0.2) is 79.0 Å². The van der Waals surface area contributed by atoms with E-state index in [4.69, 9.17) is 15.2 Å². The third-order valence-corrected chi connectivity index (χ3v) is 8.04. The Hall–Kier alpha value is -3.16. The first-order valence-corrected chi connectivity index (χ1v) is 12.0. The molecule has 1 unspecified atom stereocenters. The molecule has 186 valence electrons. The number of rotatable bonds is 7. The van der Waals surface area contributed by atoms with Gasteiger partial charge in [-0.2, -0.15) is 4.31 Å². The molecule has 0 radical (unpaired) electrons. The van der Waals surface area contributed by atoms with E-state index in [1.807, 2.05) is 0 Å². The summed E-state index contributed by atoms with van der Waals surface area (Å²) in [6.07, 6.45) is 0. The van der Waals surface area contributed by atoms with Gasteiger partial charge in [0.05, 0.1) is 25.2 Å². The molecular formula is C21H29N5O7S. The van der Waals surface area contributed by atoms with E-state index in [9.17, 15) is 22.8 Å². The van der Waals surface area contributed by atoms with Crippen molar-refractivity contribution >= 4 is 21.6 Å². The second-order valence-electron chi connectivity index (χ2n) is 7.96. The molecule has 1 aliphatic heterocycles. The van der Waals surface area contributed by atoms with Crippen LogP contribution < -0.4 is 26.5 Å². The van der Waals surface area contributed by atoms with Gasteiger partial charge in [-0.15, -0.1) is 0 Å². The van der Waals surface area contributed by atoms with Crippen molar-refractivity contribution in [1.29, 1.82) is 0 Å². The average molecular weight is 496 g/mol. The molecule has 3 rings (SSSR count). The molecule has 13 heteroatoms. The monoisotopic (exact) mass is 495 g/mol. The molecule has 1 aromatic carbocycles. The second kappa shape index (κ2) is 9.60. The lowest BCUT2D eigenvalue weighted by molar-refractivity contribution is 0.0780. The molecule has 1 saturated heterocycles. The van der Waals surface area contributed by atoms with E-state index in [-0.39, 0.29) is 42.5 Å². The normalized spacial score (nSPS) is 16.3. The maximum Gasteiger partial charge on any atom is 0.332 e. The number of methoxy groups -OCH3 is 2. The Balaban J connectivity index is 1.78. The topological polar surface area (TPSA) is 146 Å².